The van der Waals surface area contributed by atoms with E-state index >= 15 is 0 Å². The summed E-state index contributed by atoms with van der Waals surface area (Å²) in [5.41, 5.74) is 0.450. The molecule has 7 heteroatoms. The number of carbonyl (C=O) groups excluding carboxylic acids is 1. The fourth-order valence-corrected chi connectivity index (χ4v) is 5.29. The summed E-state index contributed by atoms with van der Waals surface area (Å²) < 4.78 is 28.0. The summed E-state index contributed by atoms with van der Waals surface area (Å²) >= 11 is 0. The van der Waals surface area contributed by atoms with Gasteiger partial charge in [-0.25, -0.2) is 13.1 Å². The van der Waals surface area contributed by atoms with Crippen LogP contribution in [0.25, 0.3) is 0 Å². The summed E-state index contributed by atoms with van der Waals surface area (Å²) in [6.07, 6.45) is 5.87. The molecule has 0 spiro atoms. The first-order chi connectivity index (χ1) is 12.5. The van der Waals surface area contributed by atoms with E-state index in [4.69, 9.17) is 0 Å². The van der Waals surface area contributed by atoms with Crippen molar-refractivity contribution in [3.05, 3.63) is 29.8 Å². The van der Waals surface area contributed by atoms with Crippen LogP contribution in [-0.4, -0.2) is 51.9 Å². The highest BCUT2D eigenvalue weighted by atomic mass is 32.2. The van der Waals surface area contributed by atoms with Crippen LogP contribution in [0.3, 0.4) is 0 Å². The summed E-state index contributed by atoms with van der Waals surface area (Å²) in [5, 5.41) is 3.19. The van der Waals surface area contributed by atoms with Crippen molar-refractivity contribution < 1.29 is 13.2 Å². The zero-order valence-electron chi connectivity index (χ0n) is 15.4. The lowest BCUT2D eigenvalue weighted by molar-refractivity contribution is 0.0690. The molecule has 2 aliphatic rings. The van der Waals surface area contributed by atoms with Crippen LogP contribution in [0.1, 0.15) is 48.9 Å². The van der Waals surface area contributed by atoms with E-state index in [9.17, 15) is 13.2 Å². The molecule has 1 amide bonds. The van der Waals surface area contributed by atoms with Crippen molar-refractivity contribution in [2.24, 2.45) is 5.92 Å². The number of nitrogens with one attached hydrogen (secondary N) is 2. The molecule has 2 N–H and O–H groups in total. The minimum absolute atomic E-state index is 0.0190. The summed E-state index contributed by atoms with van der Waals surface area (Å²) in [6.45, 7) is 2.42. The molecule has 0 radical (unpaired) electrons. The SMILES string of the molecule is CNCC1CCN(C(=O)c2cccc(S(=O)(=O)NC3CCCC3)c2)CC1. The second-order valence-electron chi connectivity index (χ2n) is 7.42. The second kappa shape index (κ2) is 8.50. The van der Waals surface area contributed by atoms with Crippen molar-refractivity contribution in [1.82, 2.24) is 14.9 Å². The van der Waals surface area contributed by atoms with Crippen LogP contribution in [0.2, 0.25) is 0 Å². The maximum absolute atomic E-state index is 12.8. The van der Waals surface area contributed by atoms with Gasteiger partial charge >= 0.3 is 0 Å². The molecule has 26 heavy (non-hydrogen) atoms. The lowest BCUT2D eigenvalue weighted by atomic mass is 9.96. The van der Waals surface area contributed by atoms with Crippen LogP contribution in [-0.2, 0) is 10.0 Å². The van der Waals surface area contributed by atoms with E-state index < -0.39 is 10.0 Å². The molecular weight excluding hydrogens is 350 g/mol. The lowest BCUT2D eigenvalue weighted by Crippen LogP contribution is -2.40. The predicted octanol–water partition coefficient (Wildman–Crippen LogP) is 1.98. The first-order valence-electron chi connectivity index (χ1n) is 9.56. The van der Waals surface area contributed by atoms with E-state index in [1.807, 2.05) is 11.9 Å². The number of hydrogen-bond acceptors (Lipinski definition) is 4. The van der Waals surface area contributed by atoms with Gasteiger partial charge in [-0.15, -0.1) is 0 Å². The molecule has 3 rings (SSSR count). The Bertz CT molecular complexity index is 721. The first kappa shape index (κ1) is 19.3. The number of rotatable bonds is 6. The van der Waals surface area contributed by atoms with Crippen LogP contribution >= 0.6 is 0 Å². The van der Waals surface area contributed by atoms with Crippen LogP contribution in [0.4, 0.5) is 0 Å². The summed E-state index contributed by atoms with van der Waals surface area (Å²) in [7, 11) is -1.63. The average molecular weight is 380 g/mol. The zero-order chi connectivity index (χ0) is 18.6. The molecule has 6 nitrogen and oxygen atoms in total. The summed E-state index contributed by atoms with van der Waals surface area (Å²) in [6, 6.07) is 6.46. The molecule has 2 fully saturated rings. The fraction of sp³-hybridized carbons (Fsp3) is 0.632. The molecule has 0 aromatic heterocycles. The van der Waals surface area contributed by atoms with E-state index in [1.165, 1.54) is 6.07 Å². The highest BCUT2D eigenvalue weighted by molar-refractivity contribution is 7.89. The average Bonchev–Trinajstić information content (AvgIpc) is 3.14. The molecule has 1 saturated carbocycles. The predicted molar refractivity (Wildman–Crippen MR) is 102 cm³/mol. The summed E-state index contributed by atoms with van der Waals surface area (Å²) in [4.78, 5) is 14.8. The number of piperidine rings is 1. The Kier molecular flexibility index (Phi) is 6.32. The van der Waals surface area contributed by atoms with Crippen LogP contribution in [0.15, 0.2) is 29.2 Å². The third-order valence-corrected chi connectivity index (χ3v) is 6.98. The van der Waals surface area contributed by atoms with Gasteiger partial charge in [0.15, 0.2) is 0 Å². The standard InChI is InChI=1S/C19H29N3O3S/c1-20-14-15-9-11-22(12-10-15)19(23)16-5-4-8-18(13-16)26(24,25)21-17-6-2-3-7-17/h4-5,8,13,15,17,20-21H,2-3,6-7,9-12,14H2,1H3. The van der Waals surface area contributed by atoms with Crippen LogP contribution in [0.5, 0.6) is 0 Å². The van der Waals surface area contributed by atoms with Gasteiger partial charge in [0.05, 0.1) is 4.90 Å². The Morgan fingerprint density at radius 2 is 1.85 bits per heavy atom. The Morgan fingerprint density at radius 3 is 2.50 bits per heavy atom. The van der Waals surface area contributed by atoms with Gasteiger partial charge < -0.3 is 10.2 Å². The summed E-state index contributed by atoms with van der Waals surface area (Å²) in [5.74, 6) is 0.525. The maximum atomic E-state index is 12.8. The largest absolute Gasteiger partial charge is 0.339 e. The van der Waals surface area contributed by atoms with Gasteiger partial charge in [-0.1, -0.05) is 18.9 Å². The number of carbonyl (C=O) groups is 1. The van der Waals surface area contributed by atoms with E-state index in [0.717, 1.165) is 58.2 Å². The van der Waals surface area contributed by atoms with Crippen molar-refractivity contribution in [2.75, 3.05) is 26.7 Å². The second-order valence-corrected chi connectivity index (χ2v) is 9.14. The number of nitrogens with zero attached hydrogens (tertiary/aromatic N) is 1. The Morgan fingerprint density at radius 1 is 1.15 bits per heavy atom. The smallest absolute Gasteiger partial charge is 0.253 e. The number of benzene rings is 1. The molecule has 1 aliphatic carbocycles. The molecular formula is C19H29N3O3S. The van der Waals surface area contributed by atoms with Gasteiger partial charge in [0.2, 0.25) is 10.0 Å². The third-order valence-electron chi connectivity index (χ3n) is 5.46. The van der Waals surface area contributed by atoms with Gasteiger partial charge in [-0.2, -0.15) is 0 Å². The van der Waals surface area contributed by atoms with Crippen molar-refractivity contribution in [3.63, 3.8) is 0 Å². The maximum Gasteiger partial charge on any atom is 0.253 e. The lowest BCUT2D eigenvalue weighted by Gasteiger charge is -2.32. The molecule has 0 unspecified atom stereocenters. The minimum Gasteiger partial charge on any atom is -0.339 e. The van der Waals surface area contributed by atoms with Gasteiger partial charge in [-0.3, -0.25) is 4.79 Å². The Labute approximate surface area is 156 Å². The molecule has 144 valence electrons. The Balaban J connectivity index is 1.67. The molecule has 0 atom stereocenters. The highest BCUT2D eigenvalue weighted by Crippen LogP contribution is 2.22. The molecule has 1 aromatic carbocycles. The minimum atomic E-state index is -3.58. The Hall–Kier alpha value is -1.44. The first-order valence-corrected chi connectivity index (χ1v) is 11.0. The van der Waals surface area contributed by atoms with Gasteiger partial charge in [0.1, 0.15) is 0 Å². The monoisotopic (exact) mass is 379 g/mol. The van der Waals surface area contributed by atoms with Crippen molar-refractivity contribution in [2.45, 2.75) is 49.5 Å². The number of sulfonamides is 1. The number of likely N-dealkylation sites (tertiary alicyclic amines) is 1. The normalized spacial score (nSPS) is 19.8. The number of amides is 1. The van der Waals surface area contributed by atoms with Crippen molar-refractivity contribution in [1.29, 1.82) is 0 Å². The van der Waals surface area contributed by atoms with Gasteiger partial charge in [-0.05, 0) is 63.4 Å². The quantitative estimate of drug-likeness (QED) is 0.792. The van der Waals surface area contributed by atoms with E-state index in [0.29, 0.717) is 11.5 Å². The highest BCUT2D eigenvalue weighted by Gasteiger charge is 2.26. The zero-order valence-corrected chi connectivity index (χ0v) is 16.2. The van der Waals surface area contributed by atoms with Crippen LogP contribution < -0.4 is 10.0 Å². The third kappa shape index (κ3) is 4.64. The van der Waals surface area contributed by atoms with E-state index in [1.54, 1.807) is 18.2 Å². The molecule has 1 saturated heterocycles. The number of hydrogen-bond donors (Lipinski definition) is 2. The van der Waals surface area contributed by atoms with Gasteiger partial charge in [0.25, 0.3) is 5.91 Å². The van der Waals surface area contributed by atoms with E-state index in [2.05, 4.69) is 10.0 Å². The molecule has 1 aromatic rings. The van der Waals surface area contributed by atoms with Crippen molar-refractivity contribution >= 4 is 15.9 Å². The molecule has 1 heterocycles. The molecule has 1 aliphatic heterocycles. The van der Waals surface area contributed by atoms with Crippen LogP contribution in [0, 0.1) is 5.92 Å². The van der Waals surface area contributed by atoms with E-state index in [-0.39, 0.29) is 16.8 Å². The fourth-order valence-electron chi connectivity index (χ4n) is 3.94. The van der Waals surface area contributed by atoms with Crippen molar-refractivity contribution in [3.8, 4) is 0 Å². The van der Waals surface area contributed by atoms with Gasteiger partial charge in [0, 0.05) is 24.7 Å². The molecule has 0 bridgehead atoms. The topological polar surface area (TPSA) is 78.5 Å².